The van der Waals surface area contributed by atoms with E-state index in [-0.39, 0.29) is 12.3 Å². The van der Waals surface area contributed by atoms with Gasteiger partial charge in [-0.15, -0.1) is 0 Å². The molecular weight excluding hydrogens is 294 g/mol. The number of aliphatic carboxylic acids is 1. The van der Waals surface area contributed by atoms with Gasteiger partial charge in [-0.25, -0.2) is 13.6 Å². The largest absolute Gasteiger partial charge is 0.480 e. The predicted molar refractivity (Wildman–Crippen MR) is 69.1 cm³/mol. The lowest BCUT2D eigenvalue weighted by Gasteiger charge is -2.34. The molecule has 1 N–H and O–H groups in total. The lowest BCUT2D eigenvalue weighted by Crippen LogP contribution is -2.48. The number of halogens is 2. The van der Waals surface area contributed by atoms with Crippen LogP contribution in [0.4, 0.5) is 20.2 Å². The summed E-state index contributed by atoms with van der Waals surface area (Å²) >= 11 is 1.37. The number of carboxylic acid groups (broad SMARTS) is 1. The Labute approximate surface area is 116 Å². The van der Waals surface area contributed by atoms with Crippen LogP contribution >= 0.6 is 11.8 Å². The van der Waals surface area contributed by atoms with Gasteiger partial charge in [0.25, 0.3) is 5.69 Å². The van der Waals surface area contributed by atoms with Gasteiger partial charge in [-0.3, -0.25) is 10.1 Å². The van der Waals surface area contributed by atoms with E-state index in [0.717, 1.165) is 4.90 Å². The molecule has 0 aromatic heterocycles. The van der Waals surface area contributed by atoms with Gasteiger partial charge in [0.15, 0.2) is 11.6 Å². The highest BCUT2D eigenvalue weighted by molar-refractivity contribution is 7.99. The number of carboxylic acids is 1. The molecule has 108 valence electrons. The summed E-state index contributed by atoms with van der Waals surface area (Å²) < 4.78 is 27.8. The molecule has 0 spiro atoms. The number of rotatable bonds is 3. The number of nitrogens with zero attached hydrogens (tertiary/aromatic N) is 2. The maximum atomic E-state index is 13.9. The minimum absolute atomic E-state index is 0.160. The fraction of sp³-hybridized carbons (Fsp3) is 0.364. The molecule has 1 fully saturated rings. The molecule has 20 heavy (non-hydrogen) atoms. The number of thioether (sulfide) groups is 1. The molecule has 0 saturated carbocycles. The monoisotopic (exact) mass is 304 g/mol. The van der Waals surface area contributed by atoms with Gasteiger partial charge in [-0.05, 0) is 0 Å². The normalized spacial score (nSPS) is 18.9. The van der Waals surface area contributed by atoms with E-state index in [9.17, 15) is 23.7 Å². The standard InChI is InChI=1S/C11H10F2N2O4S/c12-7-3-6(15(18)19)4-8(13)10(7)14-1-2-20-5-9(14)11(16)17/h3-4,9H,1-2,5H2,(H,16,17). The maximum Gasteiger partial charge on any atom is 0.327 e. The van der Waals surface area contributed by atoms with Crippen LogP contribution in [0, 0.1) is 21.7 Å². The summed E-state index contributed by atoms with van der Waals surface area (Å²) in [5.74, 6) is -2.72. The first kappa shape index (κ1) is 14.5. The molecule has 6 nitrogen and oxygen atoms in total. The number of hydrogen-bond donors (Lipinski definition) is 1. The third-order valence-electron chi connectivity index (χ3n) is 2.91. The lowest BCUT2D eigenvalue weighted by molar-refractivity contribution is -0.385. The van der Waals surface area contributed by atoms with Crippen molar-refractivity contribution >= 4 is 29.1 Å². The maximum absolute atomic E-state index is 13.9. The summed E-state index contributed by atoms with van der Waals surface area (Å²) in [5, 5.41) is 19.6. The zero-order valence-electron chi connectivity index (χ0n) is 10.1. The number of nitro benzene ring substituents is 1. The van der Waals surface area contributed by atoms with E-state index in [1.165, 1.54) is 11.8 Å². The van der Waals surface area contributed by atoms with Crippen LogP contribution in [0.15, 0.2) is 12.1 Å². The molecule has 1 saturated heterocycles. The highest BCUT2D eigenvalue weighted by atomic mass is 32.2. The van der Waals surface area contributed by atoms with Gasteiger partial charge in [0, 0.05) is 18.1 Å². The summed E-state index contributed by atoms with van der Waals surface area (Å²) in [6.45, 7) is 0.160. The van der Waals surface area contributed by atoms with Gasteiger partial charge in [-0.1, -0.05) is 0 Å². The first-order valence-electron chi connectivity index (χ1n) is 5.62. The molecule has 1 aromatic carbocycles. The lowest BCUT2D eigenvalue weighted by atomic mass is 10.2. The van der Waals surface area contributed by atoms with Gasteiger partial charge in [0.2, 0.25) is 0 Å². The quantitative estimate of drug-likeness (QED) is 0.678. The Bertz CT molecular complexity index is 546. The van der Waals surface area contributed by atoms with Crippen LogP contribution < -0.4 is 4.90 Å². The Kier molecular flexibility index (Phi) is 4.07. The highest BCUT2D eigenvalue weighted by Gasteiger charge is 2.33. The fourth-order valence-corrected chi connectivity index (χ4v) is 3.05. The van der Waals surface area contributed by atoms with Crippen molar-refractivity contribution < 1.29 is 23.6 Å². The molecule has 0 aliphatic carbocycles. The Morgan fingerprint density at radius 1 is 1.45 bits per heavy atom. The molecule has 0 amide bonds. The van der Waals surface area contributed by atoms with Crippen LogP contribution in [-0.2, 0) is 4.79 Å². The van der Waals surface area contributed by atoms with Crippen LogP contribution in [0.1, 0.15) is 0 Å². The van der Waals surface area contributed by atoms with Gasteiger partial charge in [0.1, 0.15) is 11.7 Å². The average Bonchev–Trinajstić information content (AvgIpc) is 2.38. The highest BCUT2D eigenvalue weighted by Crippen LogP contribution is 2.32. The number of carbonyl (C=O) groups is 1. The summed E-state index contributed by atoms with van der Waals surface area (Å²) in [5.41, 5.74) is -1.23. The fourth-order valence-electron chi connectivity index (χ4n) is 2.01. The van der Waals surface area contributed by atoms with Gasteiger partial charge < -0.3 is 10.0 Å². The zero-order chi connectivity index (χ0) is 14.9. The molecule has 9 heteroatoms. The molecule has 1 aliphatic heterocycles. The van der Waals surface area contributed by atoms with Crippen molar-refractivity contribution in [3.8, 4) is 0 Å². The summed E-state index contributed by atoms with van der Waals surface area (Å²) in [6, 6.07) is 0.136. The Morgan fingerprint density at radius 3 is 2.55 bits per heavy atom. The van der Waals surface area contributed by atoms with E-state index < -0.39 is 39.9 Å². The van der Waals surface area contributed by atoms with Crippen LogP contribution in [-0.4, -0.2) is 40.1 Å². The third kappa shape index (κ3) is 2.67. The summed E-state index contributed by atoms with van der Waals surface area (Å²) in [6.07, 6.45) is 0. The van der Waals surface area contributed by atoms with Crippen molar-refractivity contribution in [1.82, 2.24) is 0 Å². The summed E-state index contributed by atoms with van der Waals surface area (Å²) in [7, 11) is 0. The van der Waals surface area contributed by atoms with E-state index in [1.807, 2.05) is 0 Å². The van der Waals surface area contributed by atoms with Crippen molar-refractivity contribution in [2.24, 2.45) is 0 Å². The Morgan fingerprint density at radius 2 is 2.05 bits per heavy atom. The van der Waals surface area contributed by atoms with Crippen LogP contribution in [0.5, 0.6) is 0 Å². The van der Waals surface area contributed by atoms with Gasteiger partial charge >= 0.3 is 5.97 Å². The summed E-state index contributed by atoms with van der Waals surface area (Å²) in [4.78, 5) is 21.9. The molecule has 2 rings (SSSR count). The van der Waals surface area contributed by atoms with Crippen molar-refractivity contribution in [2.45, 2.75) is 6.04 Å². The van der Waals surface area contributed by atoms with Crippen molar-refractivity contribution in [2.75, 3.05) is 23.0 Å². The van der Waals surface area contributed by atoms with Crippen molar-refractivity contribution in [3.05, 3.63) is 33.9 Å². The second kappa shape index (κ2) is 5.61. The molecule has 1 heterocycles. The predicted octanol–water partition coefficient (Wildman–Crippen LogP) is 1.88. The SMILES string of the molecule is O=C(O)C1CSCCN1c1c(F)cc([N+](=O)[O-])cc1F. The molecule has 1 aromatic rings. The topological polar surface area (TPSA) is 83.7 Å². The second-order valence-corrected chi connectivity index (χ2v) is 5.29. The second-order valence-electron chi connectivity index (χ2n) is 4.14. The Balaban J connectivity index is 2.45. The molecule has 0 bridgehead atoms. The van der Waals surface area contributed by atoms with E-state index in [0.29, 0.717) is 17.9 Å². The third-order valence-corrected chi connectivity index (χ3v) is 3.94. The van der Waals surface area contributed by atoms with Crippen molar-refractivity contribution in [1.29, 1.82) is 0 Å². The minimum atomic E-state index is -1.19. The van der Waals surface area contributed by atoms with E-state index in [1.54, 1.807) is 0 Å². The number of non-ortho nitro benzene ring substituents is 1. The first-order chi connectivity index (χ1) is 9.41. The average molecular weight is 304 g/mol. The van der Waals surface area contributed by atoms with Crippen LogP contribution in [0.3, 0.4) is 0 Å². The molecule has 1 unspecified atom stereocenters. The van der Waals surface area contributed by atoms with Crippen LogP contribution in [0.25, 0.3) is 0 Å². The minimum Gasteiger partial charge on any atom is -0.480 e. The number of hydrogen-bond acceptors (Lipinski definition) is 5. The smallest absolute Gasteiger partial charge is 0.327 e. The van der Waals surface area contributed by atoms with E-state index >= 15 is 0 Å². The van der Waals surface area contributed by atoms with E-state index in [4.69, 9.17) is 5.11 Å². The molecule has 1 atom stereocenters. The molecule has 0 radical (unpaired) electrons. The van der Waals surface area contributed by atoms with Crippen LogP contribution in [0.2, 0.25) is 0 Å². The number of nitro groups is 1. The number of benzene rings is 1. The van der Waals surface area contributed by atoms with Gasteiger partial charge in [-0.2, -0.15) is 11.8 Å². The molecule has 1 aliphatic rings. The molecular formula is C11H10F2N2O4S. The number of anilines is 1. The van der Waals surface area contributed by atoms with Gasteiger partial charge in [0.05, 0.1) is 17.1 Å². The van der Waals surface area contributed by atoms with E-state index in [2.05, 4.69) is 0 Å². The van der Waals surface area contributed by atoms with Crippen molar-refractivity contribution in [3.63, 3.8) is 0 Å². The first-order valence-corrected chi connectivity index (χ1v) is 6.78. The zero-order valence-corrected chi connectivity index (χ0v) is 10.9. The Hall–Kier alpha value is -1.90.